The van der Waals surface area contributed by atoms with Crippen molar-refractivity contribution in [3.63, 3.8) is 0 Å². The molecule has 8 heteroatoms. The summed E-state index contributed by atoms with van der Waals surface area (Å²) in [5.41, 5.74) is -0.405. The largest absolute Gasteiger partial charge is 0.325 e. The van der Waals surface area contributed by atoms with Gasteiger partial charge in [-0.05, 0) is 37.3 Å². The van der Waals surface area contributed by atoms with Crippen LogP contribution < -0.4 is 10.6 Å². The van der Waals surface area contributed by atoms with Crippen LogP contribution in [0.1, 0.15) is 12.6 Å². The number of carbonyl (C=O) groups excluding carboxylic acids is 3. The van der Waals surface area contributed by atoms with Gasteiger partial charge in [-0.3, -0.25) is 19.5 Å². The minimum atomic E-state index is -1.30. The Kier molecular flexibility index (Phi) is 4.41. The first-order valence-corrected chi connectivity index (χ1v) is 7.89. The number of aromatic nitrogens is 1. The fraction of sp³-hybridized carbons (Fsp3) is 0.176. The summed E-state index contributed by atoms with van der Waals surface area (Å²) >= 11 is 5.86. The Morgan fingerprint density at radius 1 is 1.28 bits per heavy atom. The van der Waals surface area contributed by atoms with Crippen LogP contribution in [-0.2, 0) is 15.1 Å². The molecular weight excluding hydrogens is 344 g/mol. The van der Waals surface area contributed by atoms with Gasteiger partial charge in [0.25, 0.3) is 5.91 Å². The lowest BCUT2D eigenvalue weighted by molar-refractivity contribution is -0.133. The number of carbonyl (C=O) groups is 3. The fourth-order valence-corrected chi connectivity index (χ4v) is 2.77. The van der Waals surface area contributed by atoms with Gasteiger partial charge in [0.15, 0.2) is 5.54 Å². The predicted octanol–water partition coefficient (Wildman–Crippen LogP) is 2.14. The van der Waals surface area contributed by atoms with Crippen LogP contribution in [0.25, 0.3) is 0 Å². The Morgan fingerprint density at radius 2 is 2.08 bits per heavy atom. The van der Waals surface area contributed by atoms with E-state index < -0.39 is 29.9 Å². The zero-order valence-electron chi connectivity index (χ0n) is 13.3. The minimum absolute atomic E-state index is 0.403. The van der Waals surface area contributed by atoms with Crippen LogP contribution in [0.5, 0.6) is 0 Å². The molecule has 0 spiro atoms. The van der Waals surface area contributed by atoms with Crippen LogP contribution in [0, 0.1) is 0 Å². The lowest BCUT2D eigenvalue weighted by Crippen LogP contribution is -2.42. The highest BCUT2D eigenvalue weighted by Gasteiger charge is 2.50. The van der Waals surface area contributed by atoms with E-state index in [1.54, 1.807) is 49.4 Å². The second kappa shape index (κ2) is 6.52. The maximum atomic E-state index is 12.7. The van der Waals surface area contributed by atoms with Crippen molar-refractivity contribution in [3.8, 4) is 0 Å². The Labute approximate surface area is 149 Å². The topological polar surface area (TPSA) is 91.4 Å². The van der Waals surface area contributed by atoms with Crippen LogP contribution in [0.4, 0.5) is 10.5 Å². The highest BCUT2D eigenvalue weighted by molar-refractivity contribution is 6.30. The first-order valence-electron chi connectivity index (χ1n) is 7.51. The van der Waals surface area contributed by atoms with Crippen LogP contribution in [0.3, 0.4) is 0 Å². The smallest absolute Gasteiger partial charge is 0.324 e. The molecular formula is C17H15ClN4O3. The summed E-state index contributed by atoms with van der Waals surface area (Å²) in [7, 11) is 0. The van der Waals surface area contributed by atoms with Gasteiger partial charge in [0.1, 0.15) is 6.54 Å². The molecule has 1 fully saturated rings. The van der Waals surface area contributed by atoms with E-state index in [-0.39, 0.29) is 0 Å². The van der Waals surface area contributed by atoms with Crippen LogP contribution in [0.2, 0.25) is 5.02 Å². The van der Waals surface area contributed by atoms with E-state index in [4.69, 9.17) is 11.6 Å². The van der Waals surface area contributed by atoms with E-state index in [2.05, 4.69) is 15.6 Å². The highest BCUT2D eigenvalue weighted by atomic mass is 35.5. The number of rotatable bonds is 4. The molecule has 128 valence electrons. The van der Waals surface area contributed by atoms with E-state index in [9.17, 15) is 14.4 Å². The van der Waals surface area contributed by atoms with Gasteiger partial charge in [0.05, 0.1) is 5.69 Å². The van der Waals surface area contributed by atoms with Gasteiger partial charge in [-0.2, -0.15) is 0 Å². The average molecular weight is 359 g/mol. The van der Waals surface area contributed by atoms with Gasteiger partial charge in [0, 0.05) is 16.9 Å². The van der Waals surface area contributed by atoms with Gasteiger partial charge in [-0.25, -0.2) is 4.79 Å². The quantitative estimate of drug-likeness (QED) is 0.819. The summed E-state index contributed by atoms with van der Waals surface area (Å²) in [5, 5.41) is 5.67. The third kappa shape index (κ3) is 3.32. The van der Waals surface area contributed by atoms with Crippen LogP contribution >= 0.6 is 11.6 Å². The zero-order chi connectivity index (χ0) is 18.0. The lowest BCUT2D eigenvalue weighted by Gasteiger charge is -2.20. The summed E-state index contributed by atoms with van der Waals surface area (Å²) in [6, 6.07) is 11.0. The summed E-state index contributed by atoms with van der Waals surface area (Å²) in [6.45, 7) is 1.16. The lowest BCUT2D eigenvalue weighted by atomic mass is 9.97. The molecule has 2 aromatic rings. The number of benzene rings is 1. The van der Waals surface area contributed by atoms with Crippen molar-refractivity contribution in [3.05, 3.63) is 59.4 Å². The Morgan fingerprint density at radius 3 is 2.76 bits per heavy atom. The zero-order valence-corrected chi connectivity index (χ0v) is 14.1. The second-order valence-corrected chi connectivity index (χ2v) is 6.16. The van der Waals surface area contributed by atoms with E-state index in [1.165, 1.54) is 6.20 Å². The van der Waals surface area contributed by atoms with Crippen molar-refractivity contribution in [1.82, 2.24) is 15.2 Å². The molecule has 0 radical (unpaired) electrons. The van der Waals surface area contributed by atoms with Crippen molar-refractivity contribution in [1.29, 1.82) is 0 Å². The number of nitrogens with zero attached hydrogens (tertiary/aromatic N) is 2. The van der Waals surface area contributed by atoms with Crippen LogP contribution in [0.15, 0.2) is 48.7 Å². The van der Waals surface area contributed by atoms with Crippen molar-refractivity contribution in [2.75, 3.05) is 11.9 Å². The Hall–Kier alpha value is -2.93. The summed E-state index contributed by atoms with van der Waals surface area (Å²) < 4.78 is 0. The second-order valence-electron chi connectivity index (χ2n) is 5.72. The van der Waals surface area contributed by atoms with E-state index in [1.807, 2.05) is 0 Å². The molecule has 1 unspecified atom stereocenters. The standard InChI is InChI=1S/C17H15ClN4O3/c1-17(13-7-2-3-8-19-13)15(24)22(16(25)21-17)10-14(23)20-12-6-4-5-11(18)9-12/h2-9H,10H2,1H3,(H,20,23)(H,21,25). The van der Waals surface area contributed by atoms with Crippen molar-refractivity contribution >= 4 is 35.1 Å². The van der Waals surface area contributed by atoms with Crippen molar-refractivity contribution < 1.29 is 14.4 Å². The Bertz CT molecular complexity index is 843. The maximum absolute atomic E-state index is 12.7. The van der Waals surface area contributed by atoms with Gasteiger partial charge < -0.3 is 10.6 Å². The molecule has 25 heavy (non-hydrogen) atoms. The number of imide groups is 1. The number of hydrogen-bond donors (Lipinski definition) is 2. The fourth-order valence-electron chi connectivity index (χ4n) is 2.58. The van der Waals surface area contributed by atoms with E-state index in [0.717, 1.165) is 4.90 Å². The van der Waals surface area contributed by atoms with Crippen LogP contribution in [-0.4, -0.2) is 34.3 Å². The molecule has 1 aliphatic heterocycles. The third-order valence-corrected chi connectivity index (χ3v) is 4.10. The van der Waals surface area contributed by atoms with Gasteiger partial charge in [-0.1, -0.05) is 23.7 Å². The summed E-state index contributed by atoms with van der Waals surface area (Å²) in [5.74, 6) is -1.03. The normalized spacial score (nSPS) is 19.7. The minimum Gasteiger partial charge on any atom is -0.324 e. The van der Waals surface area contributed by atoms with Gasteiger partial charge in [0.2, 0.25) is 5.91 Å². The highest BCUT2D eigenvalue weighted by Crippen LogP contribution is 2.27. The number of urea groups is 1. The van der Waals surface area contributed by atoms with E-state index >= 15 is 0 Å². The molecule has 0 bridgehead atoms. The van der Waals surface area contributed by atoms with Crippen molar-refractivity contribution in [2.45, 2.75) is 12.5 Å². The molecule has 4 amide bonds. The first kappa shape index (κ1) is 16.9. The molecule has 1 aromatic heterocycles. The van der Waals surface area contributed by atoms with Crippen molar-refractivity contribution in [2.24, 2.45) is 0 Å². The number of halogens is 1. The molecule has 1 saturated heterocycles. The summed E-state index contributed by atoms with van der Waals surface area (Å²) in [6.07, 6.45) is 1.54. The number of pyridine rings is 1. The summed E-state index contributed by atoms with van der Waals surface area (Å²) in [4.78, 5) is 42.0. The molecule has 2 N–H and O–H groups in total. The SMILES string of the molecule is CC1(c2ccccn2)NC(=O)N(CC(=O)Nc2cccc(Cl)c2)C1=O. The molecule has 7 nitrogen and oxygen atoms in total. The number of hydrogen-bond acceptors (Lipinski definition) is 4. The molecule has 0 aliphatic carbocycles. The molecule has 1 aromatic carbocycles. The average Bonchev–Trinajstić information content (AvgIpc) is 2.80. The van der Waals surface area contributed by atoms with Gasteiger partial charge in [-0.15, -0.1) is 0 Å². The first-order chi connectivity index (χ1) is 11.9. The van der Waals surface area contributed by atoms with Gasteiger partial charge >= 0.3 is 6.03 Å². The predicted molar refractivity (Wildman–Crippen MR) is 91.9 cm³/mol. The monoisotopic (exact) mass is 358 g/mol. The molecule has 3 rings (SSSR count). The molecule has 1 atom stereocenters. The number of anilines is 1. The maximum Gasteiger partial charge on any atom is 0.325 e. The molecule has 1 aliphatic rings. The Balaban J connectivity index is 1.74. The molecule has 0 saturated carbocycles. The molecule has 2 heterocycles. The number of amides is 4. The number of nitrogens with one attached hydrogen (secondary N) is 2. The van der Waals surface area contributed by atoms with E-state index in [0.29, 0.717) is 16.4 Å². The third-order valence-electron chi connectivity index (χ3n) is 3.86.